The van der Waals surface area contributed by atoms with E-state index in [1.165, 1.54) is 4.90 Å². The summed E-state index contributed by atoms with van der Waals surface area (Å²) in [5.41, 5.74) is 5.51. The first kappa shape index (κ1) is 11.3. The van der Waals surface area contributed by atoms with Crippen molar-refractivity contribution in [1.29, 1.82) is 0 Å². The van der Waals surface area contributed by atoms with Gasteiger partial charge in [0.05, 0.1) is 0 Å². The third kappa shape index (κ3) is 2.36. The molecule has 0 aliphatic carbocycles. The molecule has 1 aliphatic rings. The standard InChI is InChI=1S/C9H19N3O2/c1-7-5-11(9(13)14)6-8(2)12(7)4-3-10/h7-8H,3-6,10H2,1-2H3,(H,13,14). The van der Waals surface area contributed by atoms with Crippen molar-refractivity contribution < 1.29 is 9.90 Å². The molecule has 0 bridgehead atoms. The van der Waals surface area contributed by atoms with Crippen molar-refractivity contribution in [1.82, 2.24) is 9.80 Å². The second-order valence-electron chi connectivity index (χ2n) is 3.91. The summed E-state index contributed by atoms with van der Waals surface area (Å²) in [6.45, 7) is 6.72. The van der Waals surface area contributed by atoms with Gasteiger partial charge in [-0.3, -0.25) is 4.90 Å². The van der Waals surface area contributed by atoms with Crippen molar-refractivity contribution in [3.05, 3.63) is 0 Å². The Bertz CT molecular complexity index is 198. The van der Waals surface area contributed by atoms with Crippen LogP contribution in [0.5, 0.6) is 0 Å². The number of rotatable bonds is 2. The van der Waals surface area contributed by atoms with Crippen LogP contribution in [0.3, 0.4) is 0 Å². The van der Waals surface area contributed by atoms with Crippen molar-refractivity contribution in [3.8, 4) is 0 Å². The Morgan fingerprint density at radius 3 is 2.29 bits per heavy atom. The maximum absolute atomic E-state index is 10.8. The molecule has 0 spiro atoms. The third-order valence-corrected chi connectivity index (χ3v) is 2.76. The molecule has 1 heterocycles. The maximum atomic E-state index is 10.8. The van der Waals surface area contributed by atoms with Crippen LogP contribution in [0.15, 0.2) is 0 Å². The van der Waals surface area contributed by atoms with Gasteiger partial charge in [-0.2, -0.15) is 0 Å². The van der Waals surface area contributed by atoms with Gasteiger partial charge in [0.25, 0.3) is 0 Å². The van der Waals surface area contributed by atoms with Crippen LogP contribution in [-0.2, 0) is 0 Å². The van der Waals surface area contributed by atoms with Gasteiger partial charge < -0.3 is 15.7 Å². The Kier molecular flexibility index (Phi) is 3.71. The second kappa shape index (κ2) is 4.61. The summed E-state index contributed by atoms with van der Waals surface area (Å²) in [6, 6.07) is 0.525. The molecule has 1 aliphatic heterocycles. The summed E-state index contributed by atoms with van der Waals surface area (Å²) in [5, 5.41) is 8.87. The monoisotopic (exact) mass is 201 g/mol. The van der Waals surface area contributed by atoms with Crippen LogP contribution in [0.4, 0.5) is 4.79 Å². The van der Waals surface area contributed by atoms with Crippen LogP contribution >= 0.6 is 0 Å². The fourth-order valence-corrected chi connectivity index (χ4v) is 2.10. The van der Waals surface area contributed by atoms with Crippen molar-refractivity contribution in [2.24, 2.45) is 5.73 Å². The first-order valence-corrected chi connectivity index (χ1v) is 5.00. The van der Waals surface area contributed by atoms with Crippen molar-refractivity contribution in [3.63, 3.8) is 0 Å². The third-order valence-electron chi connectivity index (χ3n) is 2.76. The van der Waals surface area contributed by atoms with Crippen molar-refractivity contribution >= 4 is 6.09 Å². The summed E-state index contributed by atoms with van der Waals surface area (Å²) in [6.07, 6.45) is -0.823. The highest BCUT2D eigenvalue weighted by atomic mass is 16.4. The average molecular weight is 201 g/mol. The fourth-order valence-electron chi connectivity index (χ4n) is 2.10. The summed E-state index contributed by atoms with van der Waals surface area (Å²) >= 11 is 0. The van der Waals surface area contributed by atoms with Gasteiger partial charge in [0, 0.05) is 38.3 Å². The van der Waals surface area contributed by atoms with Crippen LogP contribution in [0, 0.1) is 0 Å². The molecule has 1 amide bonds. The molecule has 0 aromatic rings. The molecular weight excluding hydrogens is 182 g/mol. The van der Waals surface area contributed by atoms with Crippen LogP contribution in [0.25, 0.3) is 0 Å². The Balaban J connectivity index is 2.58. The van der Waals surface area contributed by atoms with Gasteiger partial charge in [0.15, 0.2) is 0 Å². The lowest BCUT2D eigenvalue weighted by Gasteiger charge is -2.43. The van der Waals surface area contributed by atoms with E-state index < -0.39 is 6.09 Å². The largest absolute Gasteiger partial charge is 0.465 e. The molecule has 0 saturated carbocycles. The molecule has 1 fully saturated rings. The molecule has 82 valence electrons. The number of amides is 1. The number of carbonyl (C=O) groups is 1. The summed E-state index contributed by atoms with van der Waals surface area (Å²) in [4.78, 5) is 14.5. The van der Waals surface area contributed by atoms with Gasteiger partial charge in [0.2, 0.25) is 0 Å². The Morgan fingerprint density at radius 2 is 1.93 bits per heavy atom. The normalized spacial score (nSPS) is 29.2. The zero-order chi connectivity index (χ0) is 10.7. The van der Waals surface area contributed by atoms with Crippen LogP contribution in [-0.4, -0.2) is 59.3 Å². The Hall–Kier alpha value is -0.810. The summed E-state index contributed by atoms with van der Waals surface area (Å²) in [5.74, 6) is 0. The Labute approximate surface area is 84.5 Å². The second-order valence-corrected chi connectivity index (χ2v) is 3.91. The molecule has 0 radical (unpaired) electrons. The van der Waals surface area contributed by atoms with Gasteiger partial charge in [-0.15, -0.1) is 0 Å². The molecule has 2 unspecified atom stereocenters. The molecule has 3 N–H and O–H groups in total. The number of hydrogen-bond donors (Lipinski definition) is 2. The smallest absolute Gasteiger partial charge is 0.407 e. The summed E-state index contributed by atoms with van der Waals surface area (Å²) in [7, 11) is 0. The number of nitrogens with zero attached hydrogens (tertiary/aromatic N) is 2. The van der Waals surface area contributed by atoms with Crippen LogP contribution in [0.1, 0.15) is 13.8 Å². The Morgan fingerprint density at radius 1 is 1.43 bits per heavy atom. The van der Waals surface area contributed by atoms with Gasteiger partial charge in [-0.1, -0.05) is 0 Å². The highest BCUT2D eigenvalue weighted by molar-refractivity contribution is 5.65. The number of piperazine rings is 1. The average Bonchev–Trinajstić information content (AvgIpc) is 2.10. The minimum Gasteiger partial charge on any atom is -0.465 e. The first-order chi connectivity index (χ1) is 6.56. The predicted octanol–water partition coefficient (Wildman–Crippen LogP) is 0.0177. The van der Waals surface area contributed by atoms with E-state index in [2.05, 4.69) is 4.90 Å². The van der Waals surface area contributed by atoms with Crippen molar-refractivity contribution in [2.75, 3.05) is 26.2 Å². The molecular formula is C9H19N3O2. The SMILES string of the molecule is CC1CN(C(=O)O)CC(C)N1CCN. The molecule has 0 aromatic carbocycles. The number of hydrogen-bond acceptors (Lipinski definition) is 3. The van der Waals surface area contributed by atoms with Gasteiger partial charge in [-0.25, -0.2) is 4.79 Å². The van der Waals surface area contributed by atoms with E-state index in [1.807, 2.05) is 13.8 Å². The highest BCUT2D eigenvalue weighted by Crippen LogP contribution is 2.14. The van der Waals surface area contributed by atoms with Crippen molar-refractivity contribution in [2.45, 2.75) is 25.9 Å². The van der Waals surface area contributed by atoms with Gasteiger partial charge in [-0.05, 0) is 13.8 Å². The van der Waals surface area contributed by atoms with E-state index in [-0.39, 0.29) is 12.1 Å². The minimum atomic E-state index is -0.823. The van der Waals surface area contributed by atoms with E-state index in [0.29, 0.717) is 19.6 Å². The molecule has 1 rings (SSSR count). The quantitative estimate of drug-likeness (QED) is 0.660. The lowest BCUT2D eigenvalue weighted by Crippen LogP contribution is -2.58. The zero-order valence-electron chi connectivity index (χ0n) is 8.81. The molecule has 2 atom stereocenters. The molecule has 5 nitrogen and oxygen atoms in total. The fraction of sp³-hybridized carbons (Fsp3) is 0.889. The molecule has 0 aromatic heterocycles. The number of nitrogens with two attached hydrogens (primary N) is 1. The van der Waals surface area contributed by atoms with E-state index in [4.69, 9.17) is 10.8 Å². The van der Waals surface area contributed by atoms with E-state index in [0.717, 1.165) is 6.54 Å². The lowest BCUT2D eigenvalue weighted by molar-refractivity contribution is 0.0423. The maximum Gasteiger partial charge on any atom is 0.407 e. The zero-order valence-corrected chi connectivity index (χ0v) is 8.81. The topological polar surface area (TPSA) is 69.8 Å². The predicted molar refractivity (Wildman–Crippen MR) is 54.3 cm³/mol. The first-order valence-electron chi connectivity index (χ1n) is 5.00. The lowest BCUT2D eigenvalue weighted by atomic mass is 10.1. The van der Waals surface area contributed by atoms with Gasteiger partial charge in [0.1, 0.15) is 0 Å². The van der Waals surface area contributed by atoms with Crippen LogP contribution in [0.2, 0.25) is 0 Å². The van der Waals surface area contributed by atoms with Crippen LogP contribution < -0.4 is 5.73 Å². The molecule has 14 heavy (non-hydrogen) atoms. The molecule has 5 heteroatoms. The highest BCUT2D eigenvalue weighted by Gasteiger charge is 2.30. The number of carboxylic acid groups (broad SMARTS) is 1. The minimum absolute atomic E-state index is 0.262. The summed E-state index contributed by atoms with van der Waals surface area (Å²) < 4.78 is 0. The van der Waals surface area contributed by atoms with E-state index >= 15 is 0 Å². The van der Waals surface area contributed by atoms with Gasteiger partial charge >= 0.3 is 6.09 Å². The van der Waals surface area contributed by atoms with E-state index in [1.54, 1.807) is 0 Å². The van der Waals surface area contributed by atoms with E-state index in [9.17, 15) is 4.79 Å². The molecule has 1 saturated heterocycles.